The van der Waals surface area contributed by atoms with Crippen molar-refractivity contribution in [2.24, 2.45) is 23.2 Å². The lowest BCUT2D eigenvalue weighted by atomic mass is 9.76. The molecule has 2 saturated carbocycles. The first-order valence-electron chi connectivity index (χ1n) is 7.03. The van der Waals surface area contributed by atoms with Gasteiger partial charge in [0.1, 0.15) is 0 Å². The van der Waals surface area contributed by atoms with E-state index in [1.54, 1.807) is 0 Å². The van der Waals surface area contributed by atoms with Crippen LogP contribution in [-0.4, -0.2) is 23.5 Å². The molecule has 2 bridgehead atoms. The second kappa shape index (κ2) is 5.02. The summed E-state index contributed by atoms with van der Waals surface area (Å²) in [6.45, 7) is 7.09. The van der Waals surface area contributed by atoms with Gasteiger partial charge in [-0.2, -0.15) is 0 Å². The average Bonchev–Trinajstić information content (AvgIpc) is 2.85. The predicted octanol–water partition coefficient (Wildman–Crippen LogP) is 3.35. The summed E-state index contributed by atoms with van der Waals surface area (Å²) in [7, 11) is 2.16. The van der Waals surface area contributed by atoms with Gasteiger partial charge in [-0.3, -0.25) is 0 Å². The van der Waals surface area contributed by atoms with Gasteiger partial charge in [0.05, 0.1) is 0 Å². The Morgan fingerprint density at radius 3 is 2.06 bits per heavy atom. The highest BCUT2D eigenvalue weighted by atomic mass is 28.3. The molecular weight excluding hydrogens is 228 g/mol. The van der Waals surface area contributed by atoms with Crippen molar-refractivity contribution in [2.45, 2.75) is 52.0 Å². The summed E-state index contributed by atoms with van der Waals surface area (Å²) in [6, 6.07) is 0. The lowest BCUT2D eigenvalue weighted by molar-refractivity contribution is 0.162. The van der Waals surface area contributed by atoms with Gasteiger partial charge in [0.15, 0.2) is 0 Å². The monoisotopic (exact) mass is 256 g/mol. The molecule has 0 amide bonds. The van der Waals surface area contributed by atoms with Crippen LogP contribution in [0.15, 0.2) is 0 Å². The van der Waals surface area contributed by atoms with Crippen LogP contribution in [0.3, 0.4) is 0 Å². The van der Waals surface area contributed by atoms with E-state index < -0.39 is 9.28 Å². The molecule has 0 aliphatic heterocycles. The van der Waals surface area contributed by atoms with E-state index in [-0.39, 0.29) is 0 Å². The van der Waals surface area contributed by atoms with Crippen LogP contribution in [0.4, 0.5) is 0 Å². The quantitative estimate of drug-likeness (QED) is 0.718. The summed E-state index contributed by atoms with van der Waals surface area (Å²) < 4.78 is 11.4. The van der Waals surface area contributed by atoms with Crippen LogP contribution in [0.25, 0.3) is 0 Å². The van der Waals surface area contributed by atoms with Gasteiger partial charge in [-0.1, -0.05) is 27.2 Å². The molecule has 0 saturated heterocycles. The molecule has 0 aromatic heterocycles. The van der Waals surface area contributed by atoms with Gasteiger partial charge in [-0.15, -0.1) is 0 Å². The van der Waals surface area contributed by atoms with Gasteiger partial charge in [0.2, 0.25) is 0 Å². The van der Waals surface area contributed by atoms with Crippen molar-refractivity contribution in [3.05, 3.63) is 0 Å². The first-order valence-corrected chi connectivity index (χ1v) is 8.64. The molecule has 0 aromatic carbocycles. The minimum atomic E-state index is -1.52. The third kappa shape index (κ3) is 2.61. The highest BCUT2D eigenvalue weighted by Gasteiger charge is 2.50. The Balaban J connectivity index is 2.16. The third-order valence-corrected chi connectivity index (χ3v) is 8.02. The lowest BCUT2D eigenvalue weighted by Gasteiger charge is -2.41. The number of fused-ring (bicyclic) bond motifs is 2. The topological polar surface area (TPSA) is 18.5 Å². The van der Waals surface area contributed by atoms with Gasteiger partial charge < -0.3 is 8.85 Å². The molecule has 2 rings (SSSR count). The van der Waals surface area contributed by atoms with E-state index in [4.69, 9.17) is 8.85 Å². The maximum absolute atomic E-state index is 5.72. The van der Waals surface area contributed by atoms with Crippen molar-refractivity contribution < 1.29 is 8.85 Å². The van der Waals surface area contributed by atoms with E-state index >= 15 is 0 Å². The van der Waals surface area contributed by atoms with Crippen LogP contribution in [-0.2, 0) is 8.85 Å². The first kappa shape index (κ1) is 13.6. The van der Waals surface area contributed by atoms with E-state index in [0.717, 1.165) is 17.8 Å². The first-order chi connectivity index (χ1) is 7.97. The average molecular weight is 256 g/mol. The molecule has 2 aliphatic rings. The van der Waals surface area contributed by atoms with Crippen molar-refractivity contribution in [1.29, 1.82) is 0 Å². The van der Waals surface area contributed by atoms with Crippen molar-refractivity contribution in [3.8, 4) is 0 Å². The fourth-order valence-electron chi connectivity index (χ4n) is 4.38. The molecule has 0 spiro atoms. The highest BCUT2D eigenvalue weighted by Crippen LogP contribution is 2.57. The molecule has 0 N–H and O–H groups in total. The zero-order chi connectivity index (χ0) is 12.6. The third-order valence-electron chi connectivity index (χ3n) is 5.01. The van der Waals surface area contributed by atoms with E-state index in [1.807, 2.05) is 14.2 Å². The van der Waals surface area contributed by atoms with Crippen LogP contribution in [0.2, 0.25) is 5.54 Å². The minimum absolute atomic E-state index is 0.318. The van der Waals surface area contributed by atoms with Gasteiger partial charge in [-0.05, 0) is 42.4 Å². The second-order valence-electron chi connectivity index (χ2n) is 7.07. The molecule has 4 unspecified atom stereocenters. The fraction of sp³-hybridized carbons (Fsp3) is 1.00. The standard InChI is InChI=1S/C14H28O2Si/c1-14(2,3)13(17(15-4)16-5)12-9-10-6-7-11(12)8-10/h10-13,17H,6-9H2,1-5H3. The van der Waals surface area contributed by atoms with E-state index in [2.05, 4.69) is 20.8 Å². The highest BCUT2D eigenvalue weighted by molar-refractivity contribution is 6.46. The normalized spacial score (nSPS) is 34.6. The molecule has 17 heavy (non-hydrogen) atoms. The molecule has 2 aliphatic carbocycles. The molecule has 3 heteroatoms. The van der Waals surface area contributed by atoms with Crippen molar-refractivity contribution in [1.82, 2.24) is 0 Å². The van der Waals surface area contributed by atoms with Crippen molar-refractivity contribution >= 4 is 9.28 Å². The molecule has 2 nitrogen and oxygen atoms in total. The Kier molecular flexibility index (Phi) is 4.01. The zero-order valence-corrected chi connectivity index (χ0v) is 13.2. The van der Waals surface area contributed by atoms with Crippen LogP contribution in [0.5, 0.6) is 0 Å². The van der Waals surface area contributed by atoms with Crippen molar-refractivity contribution in [3.63, 3.8) is 0 Å². The maximum atomic E-state index is 5.72. The van der Waals surface area contributed by atoms with Crippen LogP contribution in [0, 0.1) is 23.2 Å². The molecule has 100 valence electrons. The maximum Gasteiger partial charge on any atom is 0.324 e. The van der Waals surface area contributed by atoms with Crippen LogP contribution in [0.1, 0.15) is 46.5 Å². The lowest BCUT2D eigenvalue weighted by Crippen LogP contribution is -2.40. The Morgan fingerprint density at radius 1 is 1.06 bits per heavy atom. The molecule has 2 fully saturated rings. The largest absolute Gasteiger partial charge is 0.400 e. The SMILES string of the molecule is CO[SiH](OC)C(C1CC2CCC1C2)C(C)(C)C. The Labute approximate surface area is 108 Å². The van der Waals surface area contributed by atoms with E-state index in [0.29, 0.717) is 11.0 Å². The minimum Gasteiger partial charge on any atom is -0.400 e. The van der Waals surface area contributed by atoms with E-state index in [9.17, 15) is 0 Å². The van der Waals surface area contributed by atoms with Crippen LogP contribution < -0.4 is 0 Å². The summed E-state index contributed by atoms with van der Waals surface area (Å²) in [4.78, 5) is 0. The van der Waals surface area contributed by atoms with E-state index in [1.165, 1.54) is 25.7 Å². The molecule has 0 radical (unpaired) electrons. The zero-order valence-electron chi connectivity index (χ0n) is 12.0. The Morgan fingerprint density at radius 2 is 1.71 bits per heavy atom. The summed E-state index contributed by atoms with van der Waals surface area (Å²) in [6.07, 6.45) is 5.84. The van der Waals surface area contributed by atoms with Crippen molar-refractivity contribution in [2.75, 3.05) is 14.2 Å². The van der Waals surface area contributed by atoms with Gasteiger partial charge >= 0.3 is 9.28 Å². The summed E-state index contributed by atoms with van der Waals surface area (Å²) in [5, 5.41) is 0. The second-order valence-corrected chi connectivity index (χ2v) is 9.47. The van der Waals surface area contributed by atoms with Crippen LogP contribution >= 0.6 is 0 Å². The molecule has 0 heterocycles. The number of hydrogen-bond donors (Lipinski definition) is 0. The predicted molar refractivity (Wildman–Crippen MR) is 73.3 cm³/mol. The van der Waals surface area contributed by atoms with Gasteiger partial charge in [-0.25, -0.2) is 0 Å². The number of rotatable bonds is 4. The summed E-state index contributed by atoms with van der Waals surface area (Å²) in [5.74, 6) is 2.84. The van der Waals surface area contributed by atoms with Gasteiger partial charge in [0, 0.05) is 19.8 Å². The molecule has 4 atom stereocenters. The molecular formula is C14H28O2Si. The number of hydrogen-bond acceptors (Lipinski definition) is 2. The smallest absolute Gasteiger partial charge is 0.324 e. The fourth-order valence-corrected chi connectivity index (χ4v) is 6.85. The summed E-state index contributed by atoms with van der Waals surface area (Å²) in [5.41, 5.74) is 0.978. The van der Waals surface area contributed by atoms with Gasteiger partial charge in [0.25, 0.3) is 0 Å². The molecule has 0 aromatic rings. The summed E-state index contributed by atoms with van der Waals surface area (Å²) >= 11 is 0. The Hall–Kier alpha value is 0.137. The Bertz CT molecular complexity index is 257.